The van der Waals surface area contributed by atoms with Gasteiger partial charge >= 0.3 is 5.97 Å². The highest BCUT2D eigenvalue weighted by molar-refractivity contribution is 7.80. The van der Waals surface area contributed by atoms with Crippen LogP contribution < -0.4 is 5.32 Å². The van der Waals surface area contributed by atoms with Crippen molar-refractivity contribution in [2.45, 2.75) is 32.7 Å². The molecule has 0 amide bonds. The normalized spacial score (nSPS) is 12.9. The molecule has 0 spiro atoms. The van der Waals surface area contributed by atoms with Crippen LogP contribution in [-0.4, -0.2) is 23.3 Å². The average molecular weight is 440 g/mol. The maximum Gasteiger partial charge on any atom is 0.334 e. The van der Waals surface area contributed by atoms with Crippen LogP contribution in [0.25, 0.3) is 10.1 Å². The molecule has 156 valence electrons. The van der Waals surface area contributed by atoms with Crippen molar-refractivity contribution in [2.24, 2.45) is 5.92 Å². The van der Waals surface area contributed by atoms with E-state index in [1.54, 1.807) is 25.2 Å². The number of nitrogens with one attached hydrogen (secondary N) is 1. The molecule has 0 saturated carbocycles. The molecule has 3 aromatic rings. The van der Waals surface area contributed by atoms with Gasteiger partial charge in [0.2, 0.25) is 0 Å². The number of fused-ring (bicyclic) bond motifs is 1. The van der Waals surface area contributed by atoms with Crippen LogP contribution >= 0.6 is 23.6 Å². The summed E-state index contributed by atoms with van der Waals surface area (Å²) in [5.41, 5.74) is 1.10. The zero-order valence-electron chi connectivity index (χ0n) is 17.1. The molecule has 0 aliphatic rings. The number of thiophene rings is 1. The van der Waals surface area contributed by atoms with Crippen molar-refractivity contribution in [1.29, 1.82) is 0 Å². The number of carbonyl (C=O) groups is 2. The van der Waals surface area contributed by atoms with E-state index in [-0.39, 0.29) is 24.3 Å². The van der Waals surface area contributed by atoms with Crippen LogP contribution in [0.4, 0.5) is 0 Å². The van der Waals surface area contributed by atoms with Gasteiger partial charge in [-0.1, -0.05) is 60.7 Å². The first-order valence-electron chi connectivity index (χ1n) is 9.96. The van der Waals surface area contributed by atoms with Gasteiger partial charge in [0.15, 0.2) is 6.04 Å². The van der Waals surface area contributed by atoms with Gasteiger partial charge in [-0.15, -0.1) is 11.3 Å². The van der Waals surface area contributed by atoms with E-state index in [0.29, 0.717) is 17.8 Å². The molecule has 1 heterocycles. The molecule has 4 nitrogen and oxygen atoms in total. The number of benzene rings is 2. The third-order valence-electron chi connectivity index (χ3n) is 4.77. The lowest BCUT2D eigenvalue weighted by atomic mass is 9.94. The number of ether oxygens (including phenoxy) is 1. The molecule has 0 saturated heterocycles. The van der Waals surface area contributed by atoms with Gasteiger partial charge in [0.05, 0.1) is 11.6 Å². The molecule has 2 atom stereocenters. The van der Waals surface area contributed by atoms with E-state index in [0.717, 1.165) is 20.5 Å². The lowest BCUT2D eigenvalue weighted by Gasteiger charge is -2.23. The van der Waals surface area contributed by atoms with Crippen LogP contribution in [0, 0.1) is 5.92 Å². The van der Waals surface area contributed by atoms with Crippen LogP contribution in [0.3, 0.4) is 0 Å². The van der Waals surface area contributed by atoms with Crippen LogP contribution in [0.5, 0.6) is 0 Å². The number of Topliss-reactive ketones (excluding diaryl/α,β-unsaturated/α-hetero) is 1. The van der Waals surface area contributed by atoms with E-state index in [9.17, 15) is 9.59 Å². The topological polar surface area (TPSA) is 55.4 Å². The molecule has 6 heteroatoms. The highest BCUT2D eigenvalue weighted by Gasteiger charge is 2.28. The van der Waals surface area contributed by atoms with Gasteiger partial charge in [-0.05, 0) is 43.4 Å². The summed E-state index contributed by atoms with van der Waals surface area (Å²) in [5.74, 6) is -0.492. The van der Waals surface area contributed by atoms with Crippen LogP contribution in [0.15, 0.2) is 60.7 Å². The molecule has 0 aliphatic carbocycles. The fourth-order valence-corrected chi connectivity index (χ4v) is 4.77. The van der Waals surface area contributed by atoms with Gasteiger partial charge < -0.3 is 14.8 Å². The van der Waals surface area contributed by atoms with Crippen molar-refractivity contribution in [1.82, 2.24) is 5.32 Å². The number of hydrogen-bond donors (Lipinski definition) is 1. The Balaban J connectivity index is 1.85. The fourth-order valence-electron chi connectivity index (χ4n) is 3.38. The summed E-state index contributed by atoms with van der Waals surface area (Å²) in [6, 6.07) is 19.2. The summed E-state index contributed by atoms with van der Waals surface area (Å²) in [5, 5.41) is 4.29. The molecule has 0 aliphatic heterocycles. The summed E-state index contributed by atoms with van der Waals surface area (Å²) >= 11 is 7.23. The van der Waals surface area contributed by atoms with Gasteiger partial charge in [0.1, 0.15) is 5.78 Å². The summed E-state index contributed by atoms with van der Waals surface area (Å²) in [6.45, 7) is 3.64. The van der Waals surface area contributed by atoms with E-state index in [2.05, 4.69) is 5.32 Å². The largest absolute Gasteiger partial charge is 0.464 e. The number of carbonyl (C=O) groups excluding carboxylic acids is 2. The second-order valence-electron chi connectivity index (χ2n) is 7.17. The first-order chi connectivity index (χ1) is 14.5. The van der Waals surface area contributed by atoms with Crippen molar-refractivity contribution in [3.8, 4) is 0 Å². The van der Waals surface area contributed by atoms with Crippen molar-refractivity contribution in [3.63, 3.8) is 0 Å². The van der Waals surface area contributed by atoms with Crippen molar-refractivity contribution < 1.29 is 14.3 Å². The highest BCUT2D eigenvalue weighted by Crippen LogP contribution is 2.31. The van der Waals surface area contributed by atoms with Crippen LogP contribution in [0.1, 0.15) is 36.8 Å². The third kappa shape index (κ3) is 5.74. The molecule has 0 fully saturated rings. The summed E-state index contributed by atoms with van der Waals surface area (Å²) in [7, 11) is 0. The number of esters is 1. The van der Waals surface area contributed by atoms with Crippen molar-refractivity contribution in [3.05, 3.63) is 71.1 Å². The minimum atomic E-state index is -0.694. The standard InChI is InChI=1S/C24H25NO3S2/c1-3-28-24(27)22(21-15-18-11-7-8-12-20(18)30-21)25-23(29)19(13-16(2)26)14-17-9-5-4-6-10-17/h4-12,15,19,22H,3,13-14H2,1-2H3,(H,25,29). The van der Waals surface area contributed by atoms with E-state index in [1.807, 2.05) is 60.7 Å². The minimum Gasteiger partial charge on any atom is -0.464 e. The zero-order valence-corrected chi connectivity index (χ0v) is 18.7. The molecule has 0 radical (unpaired) electrons. The Morgan fingerprint density at radius 2 is 1.80 bits per heavy atom. The van der Waals surface area contributed by atoms with Crippen LogP contribution in [0.2, 0.25) is 0 Å². The number of hydrogen-bond acceptors (Lipinski definition) is 5. The second-order valence-corrected chi connectivity index (χ2v) is 8.73. The molecule has 2 aromatic carbocycles. The predicted octanol–water partition coefficient (Wildman–Crippen LogP) is 5.26. The Kier molecular flexibility index (Phi) is 7.71. The quantitative estimate of drug-likeness (QED) is 0.364. The van der Waals surface area contributed by atoms with E-state index < -0.39 is 6.04 Å². The summed E-state index contributed by atoms with van der Waals surface area (Å²) in [4.78, 5) is 26.0. The van der Waals surface area contributed by atoms with E-state index >= 15 is 0 Å². The van der Waals surface area contributed by atoms with E-state index in [4.69, 9.17) is 17.0 Å². The number of ketones is 1. The Bertz CT molecular complexity index is 996. The fraction of sp³-hybridized carbons (Fsp3) is 0.292. The lowest BCUT2D eigenvalue weighted by molar-refractivity contribution is -0.145. The van der Waals surface area contributed by atoms with Gasteiger partial charge in [0.25, 0.3) is 0 Å². The van der Waals surface area contributed by atoms with Crippen LogP contribution in [-0.2, 0) is 20.7 Å². The Morgan fingerprint density at radius 1 is 1.10 bits per heavy atom. The molecule has 1 N–H and O–H groups in total. The Morgan fingerprint density at radius 3 is 2.47 bits per heavy atom. The van der Waals surface area contributed by atoms with Crippen molar-refractivity contribution in [2.75, 3.05) is 6.61 Å². The maximum atomic E-state index is 12.8. The molecular formula is C24H25NO3S2. The van der Waals surface area contributed by atoms with Crippen molar-refractivity contribution >= 4 is 50.4 Å². The van der Waals surface area contributed by atoms with Gasteiger partial charge in [-0.3, -0.25) is 0 Å². The lowest BCUT2D eigenvalue weighted by Crippen LogP contribution is -2.38. The van der Waals surface area contributed by atoms with Gasteiger partial charge in [-0.25, -0.2) is 4.79 Å². The first kappa shape index (κ1) is 22.1. The average Bonchev–Trinajstić information content (AvgIpc) is 3.15. The predicted molar refractivity (Wildman–Crippen MR) is 126 cm³/mol. The summed E-state index contributed by atoms with van der Waals surface area (Å²) in [6.07, 6.45) is 0.955. The molecular weight excluding hydrogens is 414 g/mol. The number of rotatable bonds is 9. The van der Waals surface area contributed by atoms with E-state index in [1.165, 1.54) is 0 Å². The zero-order chi connectivity index (χ0) is 21.5. The Labute approximate surface area is 186 Å². The second kappa shape index (κ2) is 10.5. The molecule has 1 aromatic heterocycles. The molecule has 2 unspecified atom stereocenters. The Hall–Kier alpha value is -2.57. The monoisotopic (exact) mass is 439 g/mol. The molecule has 30 heavy (non-hydrogen) atoms. The first-order valence-corrected chi connectivity index (χ1v) is 11.2. The molecule has 0 bridgehead atoms. The smallest absolute Gasteiger partial charge is 0.334 e. The SMILES string of the molecule is CCOC(=O)C(NC(=S)C(CC(C)=O)Cc1ccccc1)c1cc2ccccc2s1. The number of thiocarbonyl (C=S) groups is 1. The van der Waals surface area contributed by atoms with Gasteiger partial charge in [-0.2, -0.15) is 0 Å². The minimum absolute atomic E-state index is 0.0645. The van der Waals surface area contributed by atoms with Gasteiger partial charge in [0, 0.05) is 21.9 Å². The third-order valence-corrected chi connectivity index (χ3v) is 6.40. The molecule has 3 rings (SSSR count). The maximum absolute atomic E-state index is 12.8. The highest BCUT2D eigenvalue weighted by atomic mass is 32.1. The summed E-state index contributed by atoms with van der Waals surface area (Å²) < 4.78 is 6.41.